The first-order valence-corrected chi connectivity index (χ1v) is 13.3. The number of aromatic nitrogens is 5. The van der Waals surface area contributed by atoms with E-state index in [9.17, 15) is 4.79 Å². The summed E-state index contributed by atoms with van der Waals surface area (Å²) < 4.78 is 7.43. The fourth-order valence-electron chi connectivity index (χ4n) is 4.63. The van der Waals surface area contributed by atoms with Crippen molar-refractivity contribution in [1.82, 2.24) is 29.8 Å². The Morgan fingerprint density at radius 2 is 1.89 bits per heavy atom. The highest BCUT2D eigenvalue weighted by Gasteiger charge is 2.29. The molecular formula is C29H35N7O2. The van der Waals surface area contributed by atoms with Crippen LogP contribution in [0.3, 0.4) is 0 Å². The van der Waals surface area contributed by atoms with Gasteiger partial charge in [0.15, 0.2) is 5.82 Å². The van der Waals surface area contributed by atoms with Crippen LogP contribution < -0.4 is 10.2 Å². The van der Waals surface area contributed by atoms with Crippen LogP contribution in [0.2, 0.25) is 0 Å². The number of ether oxygens (including phenoxy) is 1. The van der Waals surface area contributed by atoms with E-state index in [-0.39, 0.29) is 11.9 Å². The van der Waals surface area contributed by atoms with Gasteiger partial charge >= 0.3 is 0 Å². The van der Waals surface area contributed by atoms with Gasteiger partial charge in [0.05, 0.1) is 18.9 Å². The molecule has 0 spiro atoms. The summed E-state index contributed by atoms with van der Waals surface area (Å²) in [5.41, 5.74) is 4.99. The molecule has 0 atom stereocenters. The van der Waals surface area contributed by atoms with Crippen LogP contribution in [0, 0.1) is 0 Å². The maximum Gasteiger partial charge on any atom is 0.268 e. The predicted octanol–water partition coefficient (Wildman–Crippen LogP) is 4.41. The van der Waals surface area contributed by atoms with Crippen molar-refractivity contribution < 1.29 is 9.53 Å². The minimum atomic E-state index is -0.118. The van der Waals surface area contributed by atoms with E-state index in [1.807, 2.05) is 61.0 Å². The molecule has 1 saturated carbocycles. The van der Waals surface area contributed by atoms with Crippen molar-refractivity contribution in [2.24, 2.45) is 0 Å². The van der Waals surface area contributed by atoms with Gasteiger partial charge in [-0.2, -0.15) is 15.0 Å². The van der Waals surface area contributed by atoms with Crippen molar-refractivity contribution in [2.45, 2.75) is 46.1 Å². The molecule has 4 heterocycles. The number of H-pyrrole nitrogens is 1. The molecule has 5 rings (SSSR count). The first-order chi connectivity index (χ1) is 18.5. The summed E-state index contributed by atoms with van der Waals surface area (Å²) in [6.45, 7) is 12.9. The first-order valence-electron chi connectivity index (χ1n) is 13.3. The van der Waals surface area contributed by atoms with E-state index >= 15 is 0 Å². The average molecular weight is 514 g/mol. The van der Waals surface area contributed by atoms with Gasteiger partial charge in [0.2, 0.25) is 11.9 Å². The molecule has 3 aromatic heterocycles. The van der Waals surface area contributed by atoms with Crippen molar-refractivity contribution in [3.63, 3.8) is 0 Å². The zero-order chi connectivity index (χ0) is 26.6. The zero-order valence-electron chi connectivity index (χ0n) is 22.3. The van der Waals surface area contributed by atoms with Gasteiger partial charge in [0.1, 0.15) is 5.69 Å². The molecular weight excluding hydrogens is 478 g/mol. The van der Waals surface area contributed by atoms with Crippen LogP contribution in [-0.4, -0.2) is 62.8 Å². The topological polar surface area (TPSA) is 101 Å². The third kappa shape index (κ3) is 5.19. The van der Waals surface area contributed by atoms with E-state index in [1.165, 1.54) is 0 Å². The van der Waals surface area contributed by atoms with Gasteiger partial charge in [-0.05, 0) is 63.0 Å². The van der Waals surface area contributed by atoms with Gasteiger partial charge in [0, 0.05) is 42.2 Å². The summed E-state index contributed by atoms with van der Waals surface area (Å²) in [5, 5.41) is 3.14. The van der Waals surface area contributed by atoms with E-state index < -0.39 is 0 Å². The molecule has 9 nitrogen and oxygen atoms in total. The summed E-state index contributed by atoms with van der Waals surface area (Å²) in [4.78, 5) is 33.4. The number of aromatic amines is 1. The van der Waals surface area contributed by atoms with E-state index in [2.05, 4.69) is 28.7 Å². The second-order valence-electron chi connectivity index (χ2n) is 9.52. The number of carbonyl (C=O) groups is 1. The maximum atomic E-state index is 13.4. The molecule has 1 saturated heterocycles. The fourth-order valence-corrected chi connectivity index (χ4v) is 4.63. The molecule has 1 amide bonds. The number of nitrogens with one attached hydrogen (secondary N) is 2. The quantitative estimate of drug-likeness (QED) is 0.440. The van der Waals surface area contributed by atoms with Crippen LogP contribution in [0.4, 0.5) is 5.95 Å². The maximum absolute atomic E-state index is 13.4. The Morgan fingerprint density at radius 1 is 1.16 bits per heavy atom. The Morgan fingerprint density at radius 3 is 2.58 bits per heavy atom. The number of hydrogen-bond donors (Lipinski definition) is 2. The number of anilines is 1. The minimum absolute atomic E-state index is 0.118. The fraction of sp³-hybridized carbons (Fsp3) is 0.379. The summed E-state index contributed by atoms with van der Waals surface area (Å²) >= 11 is 0. The molecule has 3 aromatic rings. The van der Waals surface area contributed by atoms with Crippen LogP contribution in [0.15, 0.2) is 37.1 Å². The van der Waals surface area contributed by atoms with Crippen LogP contribution in [0.25, 0.3) is 23.7 Å². The largest absolute Gasteiger partial charge is 0.378 e. The molecule has 0 radical (unpaired) electrons. The minimum Gasteiger partial charge on any atom is -0.378 e. The van der Waals surface area contributed by atoms with Gasteiger partial charge in [-0.15, -0.1) is 0 Å². The predicted molar refractivity (Wildman–Crippen MR) is 150 cm³/mol. The van der Waals surface area contributed by atoms with Crippen molar-refractivity contribution >= 4 is 29.6 Å². The Hall–Kier alpha value is -3.98. The van der Waals surface area contributed by atoms with E-state index in [1.54, 1.807) is 0 Å². The number of morpholine rings is 1. The summed E-state index contributed by atoms with van der Waals surface area (Å²) in [7, 11) is 0. The lowest BCUT2D eigenvalue weighted by molar-refractivity contribution is 0.0944. The Balaban J connectivity index is 1.69. The Labute approximate surface area is 223 Å². The lowest BCUT2D eigenvalue weighted by atomic mass is 10.1. The molecule has 2 fully saturated rings. The molecule has 2 aliphatic rings. The molecule has 198 valence electrons. The molecule has 1 aliphatic heterocycles. The number of carbonyl (C=O) groups excluding carboxylic acids is 1. The monoisotopic (exact) mass is 513 g/mol. The van der Waals surface area contributed by atoms with Crippen molar-refractivity contribution in [3.8, 4) is 5.95 Å². The van der Waals surface area contributed by atoms with Gasteiger partial charge in [-0.25, -0.2) is 0 Å². The van der Waals surface area contributed by atoms with Crippen molar-refractivity contribution in [3.05, 3.63) is 71.1 Å². The van der Waals surface area contributed by atoms with E-state index in [0.29, 0.717) is 55.3 Å². The number of rotatable bonds is 9. The number of aryl methyl sites for hydroxylation is 1. The van der Waals surface area contributed by atoms with E-state index in [4.69, 9.17) is 19.7 Å². The second-order valence-corrected chi connectivity index (χ2v) is 9.52. The average Bonchev–Trinajstić information content (AvgIpc) is 3.50. The third-order valence-electron chi connectivity index (χ3n) is 6.79. The number of allylic oxidation sites excluding steroid dienone is 2. The van der Waals surface area contributed by atoms with Crippen molar-refractivity contribution in [2.75, 3.05) is 31.2 Å². The highest BCUT2D eigenvalue weighted by molar-refractivity contribution is 5.95. The van der Waals surface area contributed by atoms with Gasteiger partial charge < -0.3 is 19.9 Å². The third-order valence-corrected chi connectivity index (χ3v) is 6.79. The summed E-state index contributed by atoms with van der Waals surface area (Å²) in [5.74, 6) is 1.29. The molecule has 9 heteroatoms. The highest BCUT2D eigenvalue weighted by Crippen LogP contribution is 2.28. The molecule has 0 aromatic carbocycles. The number of nitrogens with zero attached hydrogens (tertiary/aromatic N) is 5. The van der Waals surface area contributed by atoms with E-state index in [0.717, 1.165) is 41.8 Å². The standard InChI is InChI=1S/C29H35N7O2/c1-5-8-23-22(12-13-30-23)19(4)26-32-28(35-14-16-38-17-15-35)34-29(33-26)36-24(9-6-2)20(7-3)18-25(36)27(37)31-21-10-11-21/h5-6,8-9,12-13,18,21,30H,4,7,10-11,14-17H2,1-3H3,(H,31,37)/b8-5-,9-6-. The Bertz CT molecular complexity index is 1390. The second kappa shape index (κ2) is 11.2. The van der Waals surface area contributed by atoms with Gasteiger partial charge in [-0.1, -0.05) is 25.7 Å². The highest BCUT2D eigenvalue weighted by atomic mass is 16.5. The molecule has 1 aliphatic carbocycles. The number of amides is 1. The molecule has 0 unspecified atom stereocenters. The van der Waals surface area contributed by atoms with Gasteiger partial charge in [-0.3, -0.25) is 9.36 Å². The SMILES string of the molecule is C=C(c1nc(N2CCOCC2)nc(-n2c(C(=O)NC3CC3)cc(CC)c2/C=C\C)n1)c1cc[nH]c1/C=C\C. The lowest BCUT2D eigenvalue weighted by Crippen LogP contribution is -2.38. The zero-order valence-corrected chi connectivity index (χ0v) is 22.3. The lowest BCUT2D eigenvalue weighted by Gasteiger charge is -2.27. The number of hydrogen-bond acceptors (Lipinski definition) is 6. The molecule has 2 N–H and O–H groups in total. The summed E-state index contributed by atoms with van der Waals surface area (Å²) in [6, 6.07) is 4.16. The molecule has 0 bridgehead atoms. The first kappa shape index (κ1) is 25.7. The van der Waals surface area contributed by atoms with Crippen LogP contribution >= 0.6 is 0 Å². The molecule has 38 heavy (non-hydrogen) atoms. The Kier molecular flexibility index (Phi) is 7.55. The summed E-state index contributed by atoms with van der Waals surface area (Å²) in [6.07, 6.45) is 12.6. The van der Waals surface area contributed by atoms with Crippen molar-refractivity contribution in [1.29, 1.82) is 0 Å². The van der Waals surface area contributed by atoms with Crippen LogP contribution in [0.5, 0.6) is 0 Å². The van der Waals surface area contributed by atoms with Crippen LogP contribution in [0.1, 0.15) is 72.4 Å². The normalized spacial score (nSPS) is 16.0. The van der Waals surface area contributed by atoms with Gasteiger partial charge in [0.25, 0.3) is 5.91 Å². The smallest absolute Gasteiger partial charge is 0.268 e. The van der Waals surface area contributed by atoms with Crippen LogP contribution in [-0.2, 0) is 11.2 Å².